The molecule has 0 aromatic heterocycles. The molecular formula is C13H13NO3. The molecule has 0 amide bonds. The van der Waals surface area contributed by atoms with Gasteiger partial charge in [0.2, 0.25) is 0 Å². The fraction of sp³-hybridized carbons (Fsp3) is 0.308. The molecule has 0 atom stereocenters. The van der Waals surface area contributed by atoms with Crippen LogP contribution in [0.5, 0.6) is 0 Å². The summed E-state index contributed by atoms with van der Waals surface area (Å²) < 4.78 is 4.57. The largest absolute Gasteiger partial charge is 0.469 e. The van der Waals surface area contributed by atoms with Crippen LogP contribution in [0.1, 0.15) is 34.0 Å². The molecule has 1 aromatic rings. The molecule has 0 spiro atoms. The first-order valence-electron chi connectivity index (χ1n) is 5.24. The Morgan fingerprint density at radius 1 is 1.47 bits per heavy atom. The first-order chi connectivity index (χ1) is 8.15. The van der Waals surface area contributed by atoms with Crippen LogP contribution in [0.4, 0.5) is 0 Å². The lowest BCUT2D eigenvalue weighted by Crippen LogP contribution is -2.07. The lowest BCUT2D eigenvalue weighted by molar-refractivity contribution is -0.139. The molecule has 0 radical (unpaired) electrons. The SMILES string of the molecule is CCc1cc(CC(=O)OC)c(C#N)cc1C=O. The molecule has 0 aliphatic carbocycles. The summed E-state index contributed by atoms with van der Waals surface area (Å²) >= 11 is 0. The molecule has 0 heterocycles. The van der Waals surface area contributed by atoms with Gasteiger partial charge in [0, 0.05) is 5.56 Å². The van der Waals surface area contributed by atoms with Crippen molar-refractivity contribution in [1.82, 2.24) is 0 Å². The number of carbonyl (C=O) groups excluding carboxylic acids is 2. The Labute approximate surface area is 99.8 Å². The van der Waals surface area contributed by atoms with Crippen LogP contribution in [-0.2, 0) is 22.4 Å². The molecule has 0 saturated heterocycles. The van der Waals surface area contributed by atoms with E-state index in [-0.39, 0.29) is 6.42 Å². The van der Waals surface area contributed by atoms with Crippen molar-refractivity contribution >= 4 is 12.3 Å². The summed E-state index contributed by atoms with van der Waals surface area (Å²) in [5, 5.41) is 8.97. The Morgan fingerprint density at radius 3 is 2.65 bits per heavy atom. The third kappa shape index (κ3) is 2.91. The zero-order valence-electron chi connectivity index (χ0n) is 9.82. The third-order valence-corrected chi connectivity index (χ3v) is 2.56. The van der Waals surface area contributed by atoms with E-state index in [4.69, 9.17) is 5.26 Å². The lowest BCUT2D eigenvalue weighted by Gasteiger charge is -2.08. The molecule has 0 fully saturated rings. The van der Waals surface area contributed by atoms with E-state index < -0.39 is 5.97 Å². The molecule has 4 heteroatoms. The Kier molecular flexibility index (Phi) is 4.41. The van der Waals surface area contributed by atoms with Crippen molar-refractivity contribution in [2.75, 3.05) is 7.11 Å². The van der Waals surface area contributed by atoms with Crippen LogP contribution in [0.3, 0.4) is 0 Å². The molecule has 0 aliphatic rings. The van der Waals surface area contributed by atoms with E-state index in [0.717, 1.165) is 11.8 Å². The number of hydrogen-bond donors (Lipinski definition) is 0. The van der Waals surface area contributed by atoms with Gasteiger partial charge >= 0.3 is 5.97 Å². The summed E-state index contributed by atoms with van der Waals surface area (Å²) in [4.78, 5) is 22.0. The summed E-state index contributed by atoms with van der Waals surface area (Å²) in [7, 11) is 1.30. The van der Waals surface area contributed by atoms with E-state index in [1.807, 2.05) is 13.0 Å². The molecule has 0 aliphatic heterocycles. The second kappa shape index (κ2) is 5.80. The number of hydrogen-bond acceptors (Lipinski definition) is 4. The molecule has 0 bridgehead atoms. The minimum Gasteiger partial charge on any atom is -0.469 e. The first kappa shape index (κ1) is 12.9. The fourth-order valence-corrected chi connectivity index (χ4v) is 1.61. The van der Waals surface area contributed by atoms with Crippen LogP contribution in [0.2, 0.25) is 0 Å². The van der Waals surface area contributed by atoms with E-state index >= 15 is 0 Å². The summed E-state index contributed by atoms with van der Waals surface area (Å²) in [6.45, 7) is 1.91. The van der Waals surface area contributed by atoms with Crippen molar-refractivity contribution in [3.63, 3.8) is 0 Å². The molecule has 0 unspecified atom stereocenters. The second-order valence-corrected chi connectivity index (χ2v) is 3.54. The highest BCUT2D eigenvalue weighted by Gasteiger charge is 2.12. The number of nitrogens with zero attached hydrogens (tertiary/aromatic N) is 1. The van der Waals surface area contributed by atoms with Gasteiger partial charge in [-0.05, 0) is 23.6 Å². The number of esters is 1. The van der Waals surface area contributed by atoms with Crippen molar-refractivity contribution in [2.24, 2.45) is 0 Å². The zero-order chi connectivity index (χ0) is 12.8. The maximum Gasteiger partial charge on any atom is 0.310 e. The molecular weight excluding hydrogens is 218 g/mol. The van der Waals surface area contributed by atoms with E-state index in [1.165, 1.54) is 13.2 Å². The standard InChI is InChI=1S/C13H13NO3/c1-3-9-4-10(6-13(16)17-2)11(7-14)5-12(9)8-15/h4-5,8H,3,6H2,1-2H3. The number of methoxy groups -OCH3 is 1. The van der Waals surface area contributed by atoms with Crippen LogP contribution in [-0.4, -0.2) is 19.4 Å². The highest BCUT2D eigenvalue weighted by atomic mass is 16.5. The summed E-state index contributed by atoms with van der Waals surface area (Å²) in [6, 6.07) is 5.22. The molecule has 0 N–H and O–H groups in total. The number of nitriles is 1. The summed E-state index contributed by atoms with van der Waals surface area (Å²) in [6.07, 6.45) is 1.45. The fourth-order valence-electron chi connectivity index (χ4n) is 1.61. The Balaban J connectivity index is 3.24. The minimum absolute atomic E-state index is 0.0472. The van der Waals surface area contributed by atoms with Crippen LogP contribution >= 0.6 is 0 Å². The summed E-state index contributed by atoms with van der Waals surface area (Å²) in [5.41, 5.74) is 2.27. The zero-order valence-corrected chi connectivity index (χ0v) is 9.82. The van der Waals surface area contributed by atoms with E-state index in [1.54, 1.807) is 6.07 Å². The molecule has 0 saturated carbocycles. The monoisotopic (exact) mass is 231 g/mol. The van der Waals surface area contributed by atoms with Gasteiger partial charge in [-0.15, -0.1) is 0 Å². The van der Waals surface area contributed by atoms with E-state index in [9.17, 15) is 9.59 Å². The van der Waals surface area contributed by atoms with Gasteiger partial charge in [-0.1, -0.05) is 13.0 Å². The van der Waals surface area contributed by atoms with Gasteiger partial charge in [0.05, 0.1) is 25.2 Å². The van der Waals surface area contributed by atoms with E-state index in [0.29, 0.717) is 23.1 Å². The molecule has 1 rings (SSSR count). The molecule has 1 aromatic carbocycles. The van der Waals surface area contributed by atoms with Gasteiger partial charge in [-0.2, -0.15) is 5.26 Å². The van der Waals surface area contributed by atoms with Crippen molar-refractivity contribution < 1.29 is 14.3 Å². The predicted octanol–water partition coefficient (Wildman–Crippen LogP) is 1.65. The number of rotatable bonds is 4. The molecule has 4 nitrogen and oxygen atoms in total. The van der Waals surface area contributed by atoms with Crippen LogP contribution < -0.4 is 0 Å². The van der Waals surface area contributed by atoms with Gasteiger partial charge in [0.25, 0.3) is 0 Å². The van der Waals surface area contributed by atoms with E-state index in [2.05, 4.69) is 4.74 Å². The van der Waals surface area contributed by atoms with Gasteiger partial charge in [-0.25, -0.2) is 0 Å². The van der Waals surface area contributed by atoms with Crippen molar-refractivity contribution in [3.8, 4) is 6.07 Å². The number of aldehydes is 1. The molecule has 17 heavy (non-hydrogen) atoms. The summed E-state index contributed by atoms with van der Waals surface area (Å²) in [5.74, 6) is -0.401. The Hall–Kier alpha value is -2.15. The van der Waals surface area contributed by atoms with Crippen LogP contribution in [0, 0.1) is 11.3 Å². The van der Waals surface area contributed by atoms with Crippen LogP contribution in [0.25, 0.3) is 0 Å². The number of benzene rings is 1. The number of aryl methyl sites for hydroxylation is 1. The highest BCUT2D eigenvalue weighted by Crippen LogP contribution is 2.17. The van der Waals surface area contributed by atoms with Crippen molar-refractivity contribution in [1.29, 1.82) is 5.26 Å². The highest BCUT2D eigenvalue weighted by molar-refractivity contribution is 5.80. The Bertz CT molecular complexity index is 486. The minimum atomic E-state index is -0.401. The van der Waals surface area contributed by atoms with Gasteiger partial charge < -0.3 is 4.74 Å². The first-order valence-corrected chi connectivity index (χ1v) is 5.24. The van der Waals surface area contributed by atoms with Crippen molar-refractivity contribution in [3.05, 3.63) is 34.4 Å². The third-order valence-electron chi connectivity index (χ3n) is 2.56. The van der Waals surface area contributed by atoms with Crippen molar-refractivity contribution in [2.45, 2.75) is 19.8 Å². The predicted molar refractivity (Wildman–Crippen MR) is 61.6 cm³/mol. The normalized spacial score (nSPS) is 9.47. The molecule has 88 valence electrons. The average Bonchev–Trinajstić information content (AvgIpc) is 2.37. The van der Waals surface area contributed by atoms with Crippen LogP contribution in [0.15, 0.2) is 12.1 Å². The average molecular weight is 231 g/mol. The van der Waals surface area contributed by atoms with Gasteiger partial charge in [0.1, 0.15) is 6.29 Å². The van der Waals surface area contributed by atoms with Gasteiger partial charge in [-0.3, -0.25) is 9.59 Å². The Morgan fingerprint density at radius 2 is 2.18 bits per heavy atom. The lowest BCUT2D eigenvalue weighted by atomic mass is 9.96. The van der Waals surface area contributed by atoms with Gasteiger partial charge in [0.15, 0.2) is 0 Å². The maximum atomic E-state index is 11.2. The number of carbonyl (C=O) groups is 2. The maximum absolute atomic E-state index is 11.2. The second-order valence-electron chi connectivity index (χ2n) is 3.54. The smallest absolute Gasteiger partial charge is 0.310 e. The number of ether oxygens (including phenoxy) is 1. The quantitative estimate of drug-likeness (QED) is 0.583. The topological polar surface area (TPSA) is 67.2 Å².